The molecule has 9 heteroatoms. The summed E-state index contributed by atoms with van der Waals surface area (Å²) in [5, 5.41) is 15.5. The Balaban J connectivity index is 1.40. The average molecular weight is 548 g/mol. The fraction of sp³-hybridized carbons (Fsp3) is 0.0968. The number of non-ortho nitro benzene ring substituents is 1. The van der Waals surface area contributed by atoms with Gasteiger partial charge in [-0.15, -0.1) is 0 Å². The zero-order valence-electron chi connectivity index (χ0n) is 21.5. The van der Waals surface area contributed by atoms with Gasteiger partial charge in [0, 0.05) is 35.9 Å². The molecular weight excluding hydrogens is 522 g/mol. The fourth-order valence-electron chi connectivity index (χ4n) is 4.98. The maximum atomic E-state index is 11.5. The van der Waals surface area contributed by atoms with Crippen molar-refractivity contribution in [1.29, 1.82) is 0 Å². The quantitative estimate of drug-likeness (QED) is 0.133. The second-order valence-electron chi connectivity index (χ2n) is 9.49. The fourth-order valence-corrected chi connectivity index (χ4v) is 5.32. The van der Waals surface area contributed by atoms with Crippen molar-refractivity contribution in [2.45, 2.75) is 19.0 Å². The summed E-state index contributed by atoms with van der Waals surface area (Å²) in [5.41, 5.74) is 4.50. The summed E-state index contributed by atoms with van der Waals surface area (Å²) in [6, 6.07) is 31.5. The highest BCUT2D eigenvalue weighted by Gasteiger charge is 2.42. The van der Waals surface area contributed by atoms with Gasteiger partial charge in [-0.1, -0.05) is 29.8 Å². The molecule has 0 bridgehead atoms. The number of nitrogens with zero attached hydrogens (tertiary/aromatic N) is 4. The predicted octanol–water partition coefficient (Wildman–Crippen LogP) is 7.06. The first kappa shape index (κ1) is 25.3. The lowest BCUT2D eigenvalue weighted by Crippen LogP contribution is -2.30. The minimum Gasteiger partial charge on any atom is -0.457 e. The lowest BCUT2D eigenvalue weighted by Gasteiger charge is -2.29. The Hall–Kier alpha value is -5.02. The van der Waals surface area contributed by atoms with Crippen LogP contribution in [0.3, 0.4) is 0 Å². The highest BCUT2D eigenvalue weighted by molar-refractivity contribution is 7.80. The van der Waals surface area contributed by atoms with Crippen LogP contribution in [0, 0.1) is 17.0 Å². The molecule has 3 heterocycles. The number of nitro benzene ring substituents is 1. The Morgan fingerprint density at radius 2 is 1.65 bits per heavy atom. The molecule has 0 spiro atoms. The van der Waals surface area contributed by atoms with Crippen molar-refractivity contribution in [1.82, 2.24) is 14.9 Å². The van der Waals surface area contributed by atoms with Gasteiger partial charge in [-0.3, -0.25) is 15.1 Å². The van der Waals surface area contributed by atoms with Gasteiger partial charge in [-0.2, -0.15) is 0 Å². The van der Waals surface area contributed by atoms with Crippen LogP contribution in [0.4, 0.5) is 11.4 Å². The number of pyridine rings is 1. The molecule has 8 nitrogen and oxygen atoms in total. The van der Waals surface area contributed by atoms with E-state index in [1.165, 1.54) is 11.6 Å². The van der Waals surface area contributed by atoms with E-state index < -0.39 is 0 Å². The molecule has 0 saturated carbocycles. The number of ether oxygens (including phenoxy) is 1. The Labute approximate surface area is 236 Å². The first-order valence-corrected chi connectivity index (χ1v) is 13.2. The van der Waals surface area contributed by atoms with E-state index in [1.807, 2.05) is 103 Å². The van der Waals surface area contributed by atoms with Crippen molar-refractivity contribution >= 4 is 28.7 Å². The number of benzene rings is 3. The second-order valence-corrected chi connectivity index (χ2v) is 9.87. The number of nitro groups is 1. The second kappa shape index (κ2) is 10.6. The molecule has 1 aliphatic heterocycles. The molecule has 6 rings (SSSR count). The van der Waals surface area contributed by atoms with Crippen LogP contribution in [0.25, 0.3) is 5.69 Å². The topological polar surface area (TPSA) is 85.5 Å². The maximum Gasteiger partial charge on any atom is 0.271 e. The van der Waals surface area contributed by atoms with Crippen LogP contribution in [0.15, 0.2) is 116 Å². The third kappa shape index (κ3) is 4.90. The molecule has 0 aliphatic carbocycles. The number of nitrogens with one attached hydrogen (secondary N) is 1. The highest BCUT2D eigenvalue weighted by atomic mass is 32.1. The zero-order chi connectivity index (χ0) is 27.6. The van der Waals surface area contributed by atoms with Crippen LogP contribution in [0.2, 0.25) is 0 Å². The molecule has 0 amide bonds. The minimum atomic E-state index is -0.387. The van der Waals surface area contributed by atoms with Crippen LogP contribution < -0.4 is 15.0 Å². The molecule has 1 aliphatic rings. The van der Waals surface area contributed by atoms with Gasteiger partial charge in [0.05, 0.1) is 22.3 Å². The predicted molar refractivity (Wildman–Crippen MR) is 158 cm³/mol. The number of aryl methyl sites for hydroxylation is 1. The lowest BCUT2D eigenvalue weighted by atomic mass is 10.0. The Bertz CT molecular complexity index is 1670. The molecule has 3 aromatic carbocycles. The number of aromatic nitrogens is 2. The molecular formula is C31H25N5O3S. The molecule has 2 atom stereocenters. The van der Waals surface area contributed by atoms with E-state index in [-0.39, 0.29) is 22.7 Å². The van der Waals surface area contributed by atoms with Crippen LogP contribution >= 0.6 is 12.2 Å². The van der Waals surface area contributed by atoms with Crippen LogP contribution in [0.5, 0.6) is 11.5 Å². The van der Waals surface area contributed by atoms with Gasteiger partial charge >= 0.3 is 0 Å². The van der Waals surface area contributed by atoms with Crippen molar-refractivity contribution < 1.29 is 9.66 Å². The van der Waals surface area contributed by atoms with Gasteiger partial charge < -0.3 is 19.5 Å². The van der Waals surface area contributed by atoms with Crippen molar-refractivity contribution in [2.75, 3.05) is 4.90 Å². The van der Waals surface area contributed by atoms with E-state index >= 15 is 0 Å². The molecule has 2 unspecified atom stereocenters. The molecule has 5 aromatic rings. The summed E-state index contributed by atoms with van der Waals surface area (Å²) < 4.78 is 8.00. The zero-order valence-corrected chi connectivity index (χ0v) is 22.4. The molecule has 1 N–H and O–H groups in total. The van der Waals surface area contributed by atoms with Gasteiger partial charge in [0.25, 0.3) is 5.69 Å². The van der Waals surface area contributed by atoms with E-state index in [2.05, 4.69) is 15.2 Å². The van der Waals surface area contributed by atoms with E-state index in [0.29, 0.717) is 16.5 Å². The summed E-state index contributed by atoms with van der Waals surface area (Å²) in [5.74, 6) is 1.48. The van der Waals surface area contributed by atoms with E-state index in [9.17, 15) is 10.1 Å². The largest absolute Gasteiger partial charge is 0.457 e. The lowest BCUT2D eigenvalue weighted by molar-refractivity contribution is -0.384. The minimum absolute atomic E-state index is 0.0273. The van der Waals surface area contributed by atoms with Crippen LogP contribution in [-0.4, -0.2) is 19.6 Å². The van der Waals surface area contributed by atoms with Gasteiger partial charge in [-0.25, -0.2) is 0 Å². The van der Waals surface area contributed by atoms with Crippen molar-refractivity contribution in [3.05, 3.63) is 143 Å². The standard InChI is InChI=1S/C31H25N5O3S/c1-21-10-14-25(15-11-21)39-26-16-12-22(13-17-26)35-30(29(33-31(35)40)27-8-2-3-18-32-27)28-9-5-19-34(28)23-6-4-7-24(20-23)36(37)38/h2-20,29-30H,1H3,(H,33,40). The van der Waals surface area contributed by atoms with Crippen molar-refractivity contribution in [2.24, 2.45) is 0 Å². The molecule has 198 valence electrons. The Kier molecular flexibility index (Phi) is 6.71. The van der Waals surface area contributed by atoms with Gasteiger partial charge in [0.2, 0.25) is 0 Å². The SMILES string of the molecule is Cc1ccc(Oc2ccc(N3C(=S)NC(c4ccccn4)C3c3cccn3-c3cccc([N+](=O)[O-])c3)cc2)cc1. The van der Waals surface area contributed by atoms with Gasteiger partial charge in [-0.05, 0) is 85.9 Å². The number of hydrogen-bond donors (Lipinski definition) is 1. The molecule has 40 heavy (non-hydrogen) atoms. The Morgan fingerprint density at radius 3 is 2.35 bits per heavy atom. The number of thiocarbonyl (C=S) groups is 1. The van der Waals surface area contributed by atoms with E-state index in [4.69, 9.17) is 17.0 Å². The molecule has 1 fully saturated rings. The highest BCUT2D eigenvalue weighted by Crippen LogP contribution is 2.42. The van der Waals surface area contributed by atoms with Crippen LogP contribution in [-0.2, 0) is 0 Å². The summed E-state index contributed by atoms with van der Waals surface area (Å²) >= 11 is 5.87. The summed E-state index contributed by atoms with van der Waals surface area (Å²) in [7, 11) is 0. The van der Waals surface area contributed by atoms with Crippen molar-refractivity contribution in [3.63, 3.8) is 0 Å². The maximum absolute atomic E-state index is 11.5. The molecule has 2 aromatic heterocycles. The monoisotopic (exact) mass is 547 g/mol. The van der Waals surface area contributed by atoms with E-state index in [1.54, 1.807) is 18.3 Å². The number of anilines is 1. The first-order valence-electron chi connectivity index (χ1n) is 12.8. The number of rotatable bonds is 7. The summed E-state index contributed by atoms with van der Waals surface area (Å²) in [4.78, 5) is 17.8. The molecule has 0 radical (unpaired) electrons. The smallest absolute Gasteiger partial charge is 0.271 e. The third-order valence-electron chi connectivity index (χ3n) is 6.87. The summed E-state index contributed by atoms with van der Waals surface area (Å²) in [6.45, 7) is 2.04. The van der Waals surface area contributed by atoms with Crippen molar-refractivity contribution in [3.8, 4) is 17.2 Å². The normalized spacial score (nSPS) is 16.5. The third-order valence-corrected chi connectivity index (χ3v) is 7.19. The Morgan fingerprint density at radius 1 is 0.900 bits per heavy atom. The summed E-state index contributed by atoms with van der Waals surface area (Å²) in [6.07, 6.45) is 3.67. The van der Waals surface area contributed by atoms with Gasteiger partial charge in [0.15, 0.2) is 5.11 Å². The van der Waals surface area contributed by atoms with Crippen LogP contribution in [0.1, 0.15) is 29.0 Å². The number of hydrogen-bond acceptors (Lipinski definition) is 5. The van der Waals surface area contributed by atoms with Gasteiger partial charge in [0.1, 0.15) is 17.5 Å². The van der Waals surface area contributed by atoms with E-state index in [0.717, 1.165) is 22.8 Å². The molecule has 1 saturated heterocycles. The average Bonchev–Trinajstić information content (AvgIpc) is 3.60. The first-order chi connectivity index (χ1) is 19.5.